The minimum absolute atomic E-state index is 0.124. The van der Waals surface area contributed by atoms with Crippen LogP contribution in [0.5, 0.6) is 0 Å². The fourth-order valence-electron chi connectivity index (χ4n) is 1.71. The number of hydrogen-bond donors (Lipinski definition) is 2. The van der Waals surface area contributed by atoms with Gasteiger partial charge in [0.25, 0.3) is 10.2 Å². The van der Waals surface area contributed by atoms with E-state index in [0.29, 0.717) is 26.1 Å². The van der Waals surface area contributed by atoms with Crippen molar-refractivity contribution < 1.29 is 8.42 Å². The largest absolute Gasteiger partial charge is 0.330 e. The van der Waals surface area contributed by atoms with Crippen LogP contribution >= 0.6 is 0 Å². The van der Waals surface area contributed by atoms with Crippen LogP contribution in [0.15, 0.2) is 30.3 Å². The lowest BCUT2D eigenvalue weighted by atomic mass is 10.2. The van der Waals surface area contributed by atoms with Gasteiger partial charge in [-0.25, -0.2) is 0 Å². The van der Waals surface area contributed by atoms with Crippen LogP contribution in [0.4, 0.5) is 0 Å². The van der Waals surface area contributed by atoms with Crippen molar-refractivity contribution in [2.75, 3.05) is 13.1 Å². The molecule has 0 heterocycles. The monoisotopic (exact) mass is 285 g/mol. The van der Waals surface area contributed by atoms with Crippen molar-refractivity contribution in [1.29, 1.82) is 0 Å². The second-order valence-electron chi connectivity index (χ2n) is 4.74. The first-order valence-corrected chi connectivity index (χ1v) is 7.91. The van der Waals surface area contributed by atoms with Crippen LogP contribution in [0.1, 0.15) is 25.8 Å². The molecule has 108 valence electrons. The molecule has 0 saturated carbocycles. The fourth-order valence-corrected chi connectivity index (χ4v) is 3.14. The van der Waals surface area contributed by atoms with Crippen molar-refractivity contribution in [3.63, 3.8) is 0 Å². The Morgan fingerprint density at radius 3 is 2.42 bits per heavy atom. The van der Waals surface area contributed by atoms with Gasteiger partial charge in [-0.05, 0) is 32.4 Å². The third-order valence-electron chi connectivity index (χ3n) is 2.54. The van der Waals surface area contributed by atoms with E-state index < -0.39 is 10.2 Å². The Morgan fingerprint density at radius 1 is 1.26 bits per heavy atom. The highest BCUT2D eigenvalue weighted by Crippen LogP contribution is 2.09. The lowest BCUT2D eigenvalue weighted by Gasteiger charge is -2.23. The van der Waals surface area contributed by atoms with Crippen LogP contribution < -0.4 is 10.5 Å². The molecule has 0 aromatic heterocycles. The molecule has 0 aliphatic rings. The van der Waals surface area contributed by atoms with E-state index in [-0.39, 0.29) is 6.04 Å². The second kappa shape index (κ2) is 7.59. The predicted octanol–water partition coefficient (Wildman–Crippen LogP) is 1.08. The summed E-state index contributed by atoms with van der Waals surface area (Å²) in [5, 5.41) is 0. The minimum Gasteiger partial charge on any atom is -0.330 e. The predicted molar refractivity (Wildman–Crippen MR) is 77.7 cm³/mol. The van der Waals surface area contributed by atoms with Crippen molar-refractivity contribution in [2.24, 2.45) is 5.73 Å². The Morgan fingerprint density at radius 2 is 1.89 bits per heavy atom. The molecule has 3 N–H and O–H groups in total. The normalized spacial score (nSPS) is 12.3. The molecule has 5 nitrogen and oxygen atoms in total. The molecule has 0 radical (unpaired) electrons. The minimum atomic E-state index is -3.46. The van der Waals surface area contributed by atoms with E-state index >= 15 is 0 Å². The quantitative estimate of drug-likeness (QED) is 0.750. The number of nitrogens with one attached hydrogen (secondary N) is 1. The summed E-state index contributed by atoms with van der Waals surface area (Å²) in [5.41, 5.74) is 6.44. The van der Waals surface area contributed by atoms with Crippen LogP contribution in [0.3, 0.4) is 0 Å². The molecule has 1 aromatic rings. The zero-order valence-electron chi connectivity index (χ0n) is 11.5. The Labute approximate surface area is 116 Å². The van der Waals surface area contributed by atoms with Gasteiger partial charge in [-0.15, -0.1) is 0 Å². The maximum absolute atomic E-state index is 12.2. The summed E-state index contributed by atoms with van der Waals surface area (Å²) in [7, 11) is -3.46. The first-order chi connectivity index (χ1) is 8.95. The summed E-state index contributed by atoms with van der Waals surface area (Å²) >= 11 is 0. The third-order valence-corrected chi connectivity index (χ3v) is 4.30. The molecular formula is C13H23N3O2S. The molecule has 0 saturated heterocycles. The molecule has 0 atom stereocenters. The van der Waals surface area contributed by atoms with Crippen LogP contribution in [-0.2, 0) is 16.8 Å². The molecule has 19 heavy (non-hydrogen) atoms. The molecule has 1 aromatic carbocycles. The molecule has 0 bridgehead atoms. The molecule has 0 fully saturated rings. The van der Waals surface area contributed by atoms with Crippen LogP contribution in [0.2, 0.25) is 0 Å². The van der Waals surface area contributed by atoms with Gasteiger partial charge in [0.2, 0.25) is 0 Å². The van der Waals surface area contributed by atoms with Gasteiger partial charge in [0, 0.05) is 19.1 Å². The first kappa shape index (κ1) is 16.1. The number of hydrogen-bond acceptors (Lipinski definition) is 3. The van der Waals surface area contributed by atoms with E-state index in [1.54, 1.807) is 13.8 Å². The van der Waals surface area contributed by atoms with E-state index in [0.717, 1.165) is 5.56 Å². The van der Waals surface area contributed by atoms with Gasteiger partial charge in [0.05, 0.1) is 0 Å². The molecule has 6 heteroatoms. The zero-order chi connectivity index (χ0) is 14.3. The smallest absolute Gasteiger partial charge is 0.279 e. The Balaban J connectivity index is 2.82. The van der Waals surface area contributed by atoms with Gasteiger partial charge in [-0.2, -0.15) is 17.4 Å². The van der Waals surface area contributed by atoms with E-state index in [1.165, 1.54) is 4.31 Å². The Bertz CT molecular complexity index is 460. The van der Waals surface area contributed by atoms with Crippen molar-refractivity contribution in [1.82, 2.24) is 9.03 Å². The van der Waals surface area contributed by atoms with Crippen molar-refractivity contribution in [2.45, 2.75) is 32.9 Å². The molecular weight excluding hydrogens is 262 g/mol. The van der Waals surface area contributed by atoms with Gasteiger partial charge in [0.1, 0.15) is 0 Å². The van der Waals surface area contributed by atoms with E-state index in [9.17, 15) is 8.42 Å². The Hall–Kier alpha value is -0.950. The second-order valence-corrected chi connectivity index (χ2v) is 6.44. The highest BCUT2D eigenvalue weighted by Gasteiger charge is 2.22. The number of benzene rings is 1. The third kappa shape index (κ3) is 5.69. The topological polar surface area (TPSA) is 75.4 Å². The molecule has 0 spiro atoms. The molecule has 0 aliphatic heterocycles. The molecule has 0 unspecified atom stereocenters. The summed E-state index contributed by atoms with van der Waals surface area (Å²) in [6, 6.07) is 9.42. The van der Waals surface area contributed by atoms with Gasteiger partial charge in [-0.3, -0.25) is 0 Å². The summed E-state index contributed by atoms with van der Waals surface area (Å²) in [4.78, 5) is 0. The molecule has 1 rings (SSSR count). The standard InChI is InChI=1S/C13H23N3O2S/c1-12(2)15-19(17,18)16(10-6-9-14)11-13-7-4-3-5-8-13/h3-5,7-8,12,15H,6,9-11,14H2,1-2H3. The van der Waals surface area contributed by atoms with Gasteiger partial charge >= 0.3 is 0 Å². The lowest BCUT2D eigenvalue weighted by Crippen LogP contribution is -2.44. The average Bonchev–Trinajstić information content (AvgIpc) is 2.34. The summed E-state index contributed by atoms with van der Waals surface area (Å²) < 4.78 is 28.5. The van der Waals surface area contributed by atoms with Crippen LogP contribution in [0.25, 0.3) is 0 Å². The number of nitrogens with zero attached hydrogens (tertiary/aromatic N) is 1. The average molecular weight is 285 g/mol. The molecule has 0 amide bonds. The van der Waals surface area contributed by atoms with E-state index in [1.807, 2.05) is 30.3 Å². The van der Waals surface area contributed by atoms with Crippen LogP contribution in [0, 0.1) is 0 Å². The SMILES string of the molecule is CC(C)NS(=O)(=O)N(CCCN)Cc1ccccc1. The maximum atomic E-state index is 12.2. The first-order valence-electron chi connectivity index (χ1n) is 6.47. The summed E-state index contributed by atoms with van der Waals surface area (Å²) in [5.74, 6) is 0. The Kier molecular flexibility index (Phi) is 6.44. The zero-order valence-corrected chi connectivity index (χ0v) is 12.4. The molecule has 0 aliphatic carbocycles. The van der Waals surface area contributed by atoms with E-state index in [4.69, 9.17) is 5.73 Å². The number of rotatable bonds is 8. The highest BCUT2D eigenvalue weighted by molar-refractivity contribution is 7.87. The maximum Gasteiger partial charge on any atom is 0.279 e. The summed E-state index contributed by atoms with van der Waals surface area (Å²) in [6.45, 7) is 4.88. The van der Waals surface area contributed by atoms with E-state index in [2.05, 4.69) is 4.72 Å². The highest BCUT2D eigenvalue weighted by atomic mass is 32.2. The summed E-state index contributed by atoms with van der Waals surface area (Å²) in [6.07, 6.45) is 0.645. The fraction of sp³-hybridized carbons (Fsp3) is 0.538. The van der Waals surface area contributed by atoms with Crippen molar-refractivity contribution in [3.05, 3.63) is 35.9 Å². The lowest BCUT2D eigenvalue weighted by molar-refractivity contribution is 0.390. The van der Waals surface area contributed by atoms with Crippen molar-refractivity contribution in [3.8, 4) is 0 Å². The number of nitrogens with two attached hydrogens (primary N) is 1. The van der Waals surface area contributed by atoms with Gasteiger partial charge in [-0.1, -0.05) is 30.3 Å². The van der Waals surface area contributed by atoms with Gasteiger partial charge in [0.15, 0.2) is 0 Å². The van der Waals surface area contributed by atoms with Crippen molar-refractivity contribution >= 4 is 10.2 Å². The van der Waals surface area contributed by atoms with Gasteiger partial charge < -0.3 is 5.73 Å². The van der Waals surface area contributed by atoms with Crippen LogP contribution in [-0.4, -0.2) is 31.9 Å².